The molecule has 0 unspecified atom stereocenters. The number of hydrogen-bond acceptors (Lipinski definition) is 2. The van der Waals surface area contributed by atoms with Gasteiger partial charge in [-0.15, -0.1) is 0 Å². The van der Waals surface area contributed by atoms with Crippen molar-refractivity contribution < 1.29 is 8.78 Å². The highest BCUT2D eigenvalue weighted by Gasteiger charge is 2.13. The van der Waals surface area contributed by atoms with Gasteiger partial charge in [0.05, 0.1) is 0 Å². The first-order chi connectivity index (χ1) is 7.69. The van der Waals surface area contributed by atoms with Gasteiger partial charge < -0.3 is 10.6 Å². The molecule has 4 heteroatoms. The van der Waals surface area contributed by atoms with Gasteiger partial charge in [-0.25, -0.2) is 8.78 Å². The second-order valence-corrected chi connectivity index (χ2v) is 3.44. The lowest BCUT2D eigenvalue weighted by Gasteiger charge is -2.11. The van der Waals surface area contributed by atoms with Crippen molar-refractivity contribution in [1.82, 2.24) is 0 Å². The van der Waals surface area contributed by atoms with Crippen molar-refractivity contribution >= 4 is 22.1 Å². The van der Waals surface area contributed by atoms with Crippen LogP contribution in [-0.2, 0) is 0 Å². The van der Waals surface area contributed by atoms with Crippen LogP contribution in [0.25, 0.3) is 10.8 Å². The van der Waals surface area contributed by atoms with Crippen LogP contribution in [0.1, 0.15) is 0 Å². The molecule has 0 bridgehead atoms. The topological polar surface area (TPSA) is 24.1 Å². The summed E-state index contributed by atoms with van der Waals surface area (Å²) in [5.41, 5.74) is 1.15. The van der Waals surface area contributed by atoms with E-state index in [9.17, 15) is 8.78 Å². The molecule has 0 aliphatic carbocycles. The summed E-state index contributed by atoms with van der Waals surface area (Å²) in [5.74, 6) is -0.865. The second kappa shape index (κ2) is 3.96. The van der Waals surface area contributed by atoms with E-state index in [1.165, 1.54) is 24.3 Å². The number of fused-ring (bicyclic) bond motifs is 1. The van der Waals surface area contributed by atoms with Crippen LogP contribution < -0.4 is 10.6 Å². The minimum atomic E-state index is -0.433. The second-order valence-electron chi connectivity index (χ2n) is 3.44. The molecule has 0 atom stereocenters. The van der Waals surface area contributed by atoms with E-state index in [2.05, 4.69) is 10.6 Å². The lowest BCUT2D eigenvalue weighted by atomic mass is 10.1. The Kier molecular flexibility index (Phi) is 2.64. The molecule has 0 aliphatic heterocycles. The highest BCUT2D eigenvalue weighted by molar-refractivity contribution is 6.02. The zero-order valence-electron chi connectivity index (χ0n) is 9.07. The third kappa shape index (κ3) is 1.46. The first-order valence-corrected chi connectivity index (χ1v) is 4.95. The van der Waals surface area contributed by atoms with Gasteiger partial charge in [0.15, 0.2) is 0 Å². The van der Waals surface area contributed by atoms with E-state index in [0.717, 1.165) is 0 Å². The molecule has 84 valence electrons. The van der Waals surface area contributed by atoms with Crippen molar-refractivity contribution in [3.05, 3.63) is 35.9 Å². The van der Waals surface area contributed by atoms with Crippen molar-refractivity contribution in [1.29, 1.82) is 0 Å². The van der Waals surface area contributed by atoms with Gasteiger partial charge in [0.2, 0.25) is 0 Å². The SMILES string of the molecule is CNc1ccc(F)c2c(NC)ccc(F)c12. The molecular formula is C12H12F2N2. The van der Waals surface area contributed by atoms with E-state index < -0.39 is 11.6 Å². The van der Waals surface area contributed by atoms with E-state index in [1.807, 2.05) is 0 Å². The van der Waals surface area contributed by atoms with Crippen molar-refractivity contribution in [2.75, 3.05) is 24.7 Å². The van der Waals surface area contributed by atoms with E-state index in [1.54, 1.807) is 14.1 Å². The summed E-state index contributed by atoms with van der Waals surface area (Å²) in [6.45, 7) is 0. The van der Waals surface area contributed by atoms with Gasteiger partial charge in [-0.05, 0) is 24.3 Å². The Hall–Kier alpha value is -1.84. The molecule has 0 amide bonds. The third-order valence-corrected chi connectivity index (χ3v) is 2.60. The summed E-state index contributed by atoms with van der Waals surface area (Å²) in [5, 5.41) is 6.25. The molecule has 2 rings (SSSR count). The molecule has 0 fully saturated rings. The predicted molar refractivity (Wildman–Crippen MR) is 63.0 cm³/mol. The monoisotopic (exact) mass is 222 g/mol. The summed E-state index contributed by atoms with van der Waals surface area (Å²) in [6, 6.07) is 5.71. The average Bonchev–Trinajstić information content (AvgIpc) is 2.31. The molecule has 2 aromatic carbocycles. The van der Waals surface area contributed by atoms with Crippen LogP contribution in [0.5, 0.6) is 0 Å². The van der Waals surface area contributed by atoms with Gasteiger partial charge in [0, 0.05) is 36.2 Å². The number of benzene rings is 2. The third-order valence-electron chi connectivity index (χ3n) is 2.60. The molecule has 0 aliphatic rings. The molecule has 2 nitrogen and oxygen atoms in total. The zero-order valence-corrected chi connectivity index (χ0v) is 9.07. The van der Waals surface area contributed by atoms with Crippen molar-refractivity contribution in [3.63, 3.8) is 0 Å². The van der Waals surface area contributed by atoms with E-state index >= 15 is 0 Å². The number of anilines is 2. The molecular weight excluding hydrogens is 210 g/mol. The molecule has 0 aromatic heterocycles. The van der Waals surface area contributed by atoms with Gasteiger partial charge in [-0.2, -0.15) is 0 Å². The lowest BCUT2D eigenvalue weighted by molar-refractivity contribution is 0.629. The van der Waals surface area contributed by atoms with Gasteiger partial charge in [-0.1, -0.05) is 0 Å². The highest BCUT2D eigenvalue weighted by atomic mass is 19.1. The van der Waals surface area contributed by atoms with Crippen molar-refractivity contribution in [2.24, 2.45) is 0 Å². The molecule has 0 saturated heterocycles. The Balaban J connectivity index is 2.94. The molecule has 0 heterocycles. The summed E-state index contributed by atoms with van der Waals surface area (Å²) in [4.78, 5) is 0. The van der Waals surface area contributed by atoms with E-state index in [4.69, 9.17) is 0 Å². The smallest absolute Gasteiger partial charge is 0.133 e. The first-order valence-electron chi connectivity index (χ1n) is 4.95. The van der Waals surface area contributed by atoms with Crippen LogP contribution in [0.4, 0.5) is 20.2 Å². The van der Waals surface area contributed by atoms with Crippen LogP contribution in [0.2, 0.25) is 0 Å². The first kappa shape index (κ1) is 10.7. The summed E-state index contributed by atoms with van der Waals surface area (Å²) < 4.78 is 27.4. The molecule has 2 N–H and O–H groups in total. The summed E-state index contributed by atoms with van der Waals surface area (Å²) >= 11 is 0. The zero-order chi connectivity index (χ0) is 11.7. The Morgan fingerprint density at radius 3 is 1.44 bits per heavy atom. The minimum Gasteiger partial charge on any atom is -0.388 e. The predicted octanol–water partition coefficient (Wildman–Crippen LogP) is 3.20. The minimum absolute atomic E-state index is 0.273. The number of hydrogen-bond donors (Lipinski definition) is 2. The van der Waals surface area contributed by atoms with Crippen molar-refractivity contribution in [2.45, 2.75) is 0 Å². The van der Waals surface area contributed by atoms with Crippen LogP contribution in [0, 0.1) is 11.6 Å². The fourth-order valence-electron chi connectivity index (χ4n) is 1.83. The summed E-state index contributed by atoms with van der Waals surface area (Å²) in [6.07, 6.45) is 0. The van der Waals surface area contributed by atoms with E-state index in [0.29, 0.717) is 11.4 Å². The Morgan fingerprint density at radius 1 is 0.750 bits per heavy atom. The normalized spacial score (nSPS) is 10.5. The quantitative estimate of drug-likeness (QED) is 0.815. The molecule has 0 spiro atoms. The maximum Gasteiger partial charge on any atom is 0.133 e. The Morgan fingerprint density at radius 2 is 1.12 bits per heavy atom. The maximum atomic E-state index is 13.7. The largest absolute Gasteiger partial charge is 0.388 e. The highest BCUT2D eigenvalue weighted by Crippen LogP contribution is 2.33. The standard InChI is InChI=1S/C12H12F2N2/c1-15-9-5-3-8(14)12-10(16-2)6-4-7(13)11(9)12/h3-6,15-16H,1-2H3. The van der Waals surface area contributed by atoms with E-state index in [-0.39, 0.29) is 10.8 Å². The number of nitrogens with one attached hydrogen (secondary N) is 2. The lowest BCUT2D eigenvalue weighted by Crippen LogP contribution is -1.97. The molecule has 2 aromatic rings. The molecule has 0 radical (unpaired) electrons. The number of rotatable bonds is 2. The molecule has 0 saturated carbocycles. The van der Waals surface area contributed by atoms with Gasteiger partial charge in [-0.3, -0.25) is 0 Å². The van der Waals surface area contributed by atoms with Crippen LogP contribution >= 0.6 is 0 Å². The maximum absolute atomic E-state index is 13.7. The van der Waals surface area contributed by atoms with Gasteiger partial charge in [0.1, 0.15) is 11.6 Å². The van der Waals surface area contributed by atoms with Crippen molar-refractivity contribution in [3.8, 4) is 0 Å². The van der Waals surface area contributed by atoms with Gasteiger partial charge >= 0.3 is 0 Å². The summed E-state index contributed by atoms with van der Waals surface area (Å²) in [7, 11) is 3.36. The fraction of sp³-hybridized carbons (Fsp3) is 0.167. The van der Waals surface area contributed by atoms with Gasteiger partial charge in [0.25, 0.3) is 0 Å². The Labute approximate surface area is 92.3 Å². The van der Waals surface area contributed by atoms with Crippen LogP contribution in [0.15, 0.2) is 24.3 Å². The fourth-order valence-corrected chi connectivity index (χ4v) is 1.83. The molecule has 16 heavy (non-hydrogen) atoms. The van der Waals surface area contributed by atoms with Crippen LogP contribution in [-0.4, -0.2) is 14.1 Å². The number of halogens is 2. The average molecular weight is 222 g/mol. The van der Waals surface area contributed by atoms with Crippen LogP contribution in [0.3, 0.4) is 0 Å². The Bertz CT molecular complexity index is 489.